The number of pyridine rings is 2. The number of aromatic nitrogens is 2. The number of hydrogen-bond donors (Lipinski definition) is 0. The maximum Gasteiger partial charge on any atom is 0.345 e. The first-order valence-corrected chi connectivity index (χ1v) is 11.9. The van der Waals surface area contributed by atoms with E-state index in [-0.39, 0.29) is 28.5 Å². The third kappa shape index (κ3) is 3.85. The summed E-state index contributed by atoms with van der Waals surface area (Å²) in [6.45, 7) is 4.41. The molecule has 0 N–H and O–H groups in total. The number of aryl methyl sites for hydroxylation is 1. The Bertz CT molecular complexity index is 1680. The smallest absolute Gasteiger partial charge is 0.345 e. The highest BCUT2D eigenvalue weighted by atomic mass is 16.6. The van der Waals surface area contributed by atoms with Crippen LogP contribution in [-0.2, 0) is 0 Å². The van der Waals surface area contributed by atoms with Crippen LogP contribution in [0.15, 0.2) is 79.4 Å². The van der Waals surface area contributed by atoms with Gasteiger partial charge >= 0.3 is 11.9 Å². The molecule has 0 bridgehead atoms. The standard InChI is InChI=1S/C30H22N2O5/c1-17-6-3-9-22-21(17)10-11-23-25(22)28(37-30(34)20-8-5-13-32-15-20)27(24-18(2)16-35-26(23)24)36-29(33)19-7-4-12-31-14-19/h3-15,18H,16H2,1-2H3. The number of carbonyl (C=O) groups is 2. The van der Waals surface area contributed by atoms with Gasteiger partial charge in [-0.1, -0.05) is 31.2 Å². The predicted octanol–water partition coefficient (Wildman–Crippen LogP) is 6.03. The first-order chi connectivity index (χ1) is 18.0. The molecule has 3 heterocycles. The Morgan fingerprint density at radius 2 is 1.46 bits per heavy atom. The molecule has 1 aliphatic rings. The molecule has 3 aromatic carbocycles. The molecule has 1 unspecified atom stereocenters. The van der Waals surface area contributed by atoms with Crippen molar-refractivity contribution in [3.63, 3.8) is 0 Å². The molecule has 37 heavy (non-hydrogen) atoms. The Kier molecular flexibility index (Phi) is 5.53. The van der Waals surface area contributed by atoms with E-state index in [9.17, 15) is 9.59 Å². The molecular weight excluding hydrogens is 468 g/mol. The summed E-state index contributed by atoms with van der Waals surface area (Å²) in [6, 6.07) is 16.5. The summed E-state index contributed by atoms with van der Waals surface area (Å²) in [5, 5.41) is 3.27. The van der Waals surface area contributed by atoms with E-state index >= 15 is 0 Å². The zero-order valence-corrected chi connectivity index (χ0v) is 20.2. The van der Waals surface area contributed by atoms with Gasteiger partial charge in [-0.15, -0.1) is 0 Å². The molecule has 0 spiro atoms. The Labute approximate surface area is 212 Å². The fraction of sp³-hybridized carbons (Fsp3) is 0.133. The van der Waals surface area contributed by atoms with E-state index in [1.165, 1.54) is 12.4 Å². The molecular formula is C30H22N2O5. The number of ether oxygens (including phenoxy) is 3. The monoisotopic (exact) mass is 490 g/mol. The summed E-state index contributed by atoms with van der Waals surface area (Å²) < 4.78 is 18.2. The highest BCUT2D eigenvalue weighted by Crippen LogP contribution is 2.54. The maximum absolute atomic E-state index is 13.3. The number of nitrogens with zero attached hydrogens (tertiary/aromatic N) is 2. The average molecular weight is 491 g/mol. The van der Waals surface area contributed by atoms with Crippen molar-refractivity contribution in [3.8, 4) is 17.2 Å². The van der Waals surface area contributed by atoms with Gasteiger partial charge in [0.15, 0.2) is 11.5 Å². The largest absolute Gasteiger partial charge is 0.492 e. The van der Waals surface area contributed by atoms with E-state index < -0.39 is 11.9 Å². The number of esters is 2. The van der Waals surface area contributed by atoms with Crippen LogP contribution in [0.25, 0.3) is 21.5 Å². The molecule has 7 nitrogen and oxygen atoms in total. The van der Waals surface area contributed by atoms with Gasteiger partial charge in [0.25, 0.3) is 0 Å². The summed E-state index contributed by atoms with van der Waals surface area (Å²) in [5.74, 6) is -0.338. The topological polar surface area (TPSA) is 87.6 Å². The zero-order valence-electron chi connectivity index (χ0n) is 20.2. The van der Waals surface area contributed by atoms with Gasteiger partial charge in [-0.05, 0) is 53.6 Å². The van der Waals surface area contributed by atoms with Crippen molar-refractivity contribution in [3.05, 3.63) is 102 Å². The van der Waals surface area contributed by atoms with Crippen LogP contribution in [0.3, 0.4) is 0 Å². The lowest BCUT2D eigenvalue weighted by Crippen LogP contribution is -2.15. The molecule has 1 atom stereocenters. The summed E-state index contributed by atoms with van der Waals surface area (Å²) >= 11 is 0. The zero-order chi connectivity index (χ0) is 25.5. The third-order valence-corrected chi connectivity index (χ3v) is 6.60. The highest BCUT2D eigenvalue weighted by molar-refractivity contribution is 6.16. The van der Waals surface area contributed by atoms with E-state index in [2.05, 4.69) is 9.97 Å². The maximum atomic E-state index is 13.3. The van der Waals surface area contributed by atoms with Gasteiger partial charge in [0.05, 0.1) is 17.7 Å². The Balaban J connectivity index is 1.65. The lowest BCUT2D eigenvalue weighted by Gasteiger charge is -2.19. The third-order valence-electron chi connectivity index (χ3n) is 6.60. The first-order valence-electron chi connectivity index (χ1n) is 11.9. The van der Waals surface area contributed by atoms with Gasteiger partial charge in [0.1, 0.15) is 5.75 Å². The van der Waals surface area contributed by atoms with E-state index in [1.54, 1.807) is 36.7 Å². The molecule has 1 aliphatic heterocycles. The quantitative estimate of drug-likeness (QED) is 0.173. The Hall–Kier alpha value is -4.78. The lowest BCUT2D eigenvalue weighted by molar-refractivity contribution is 0.0682. The second kappa shape index (κ2) is 9.02. The van der Waals surface area contributed by atoms with Gasteiger partial charge in [-0.2, -0.15) is 0 Å². The minimum Gasteiger partial charge on any atom is -0.492 e. The summed E-state index contributed by atoms with van der Waals surface area (Å²) in [6.07, 6.45) is 6.03. The van der Waals surface area contributed by atoms with Crippen LogP contribution in [0, 0.1) is 6.92 Å². The molecule has 182 valence electrons. The molecule has 0 radical (unpaired) electrons. The van der Waals surface area contributed by atoms with Crippen molar-refractivity contribution >= 4 is 33.5 Å². The predicted molar refractivity (Wildman–Crippen MR) is 138 cm³/mol. The lowest BCUT2D eigenvalue weighted by atomic mass is 9.92. The number of carbonyl (C=O) groups excluding carboxylic acids is 2. The fourth-order valence-electron chi connectivity index (χ4n) is 4.80. The number of hydrogen-bond acceptors (Lipinski definition) is 7. The highest BCUT2D eigenvalue weighted by Gasteiger charge is 2.34. The molecule has 2 aromatic heterocycles. The van der Waals surface area contributed by atoms with Crippen molar-refractivity contribution < 1.29 is 23.8 Å². The minimum atomic E-state index is -0.608. The van der Waals surface area contributed by atoms with Crippen LogP contribution in [0.5, 0.6) is 17.2 Å². The molecule has 6 rings (SSSR count). The SMILES string of the molecule is Cc1cccc2c1ccc1c3c(c(OC(=O)c4cccnc4)c(OC(=O)c4cccnc4)c12)C(C)CO3. The fourth-order valence-corrected chi connectivity index (χ4v) is 4.80. The summed E-state index contributed by atoms with van der Waals surface area (Å²) in [5.41, 5.74) is 2.31. The minimum absolute atomic E-state index is 0.0971. The van der Waals surface area contributed by atoms with Crippen molar-refractivity contribution in [2.75, 3.05) is 6.61 Å². The van der Waals surface area contributed by atoms with Gasteiger partial charge in [0.2, 0.25) is 0 Å². The number of benzene rings is 3. The second-order valence-corrected chi connectivity index (χ2v) is 9.03. The van der Waals surface area contributed by atoms with Crippen molar-refractivity contribution in [1.29, 1.82) is 0 Å². The molecule has 7 heteroatoms. The second-order valence-electron chi connectivity index (χ2n) is 9.03. The van der Waals surface area contributed by atoms with E-state index in [0.717, 1.165) is 21.7 Å². The van der Waals surface area contributed by atoms with Gasteiger partial charge in [0, 0.05) is 47.0 Å². The number of rotatable bonds is 4. The van der Waals surface area contributed by atoms with Crippen LogP contribution in [0.1, 0.15) is 44.7 Å². The van der Waals surface area contributed by atoms with Crippen LogP contribution in [0.4, 0.5) is 0 Å². The molecule has 0 saturated carbocycles. The average Bonchev–Trinajstić information content (AvgIpc) is 3.32. The van der Waals surface area contributed by atoms with Crippen LogP contribution < -0.4 is 14.2 Å². The Morgan fingerprint density at radius 3 is 2.11 bits per heavy atom. The summed E-state index contributed by atoms with van der Waals surface area (Å²) in [4.78, 5) is 34.6. The van der Waals surface area contributed by atoms with E-state index in [0.29, 0.717) is 23.3 Å². The van der Waals surface area contributed by atoms with Crippen molar-refractivity contribution in [1.82, 2.24) is 9.97 Å². The normalized spacial score (nSPS) is 14.3. The molecule has 0 saturated heterocycles. The van der Waals surface area contributed by atoms with Gasteiger partial charge in [-0.25, -0.2) is 9.59 Å². The molecule has 5 aromatic rings. The first kappa shape index (κ1) is 22.7. The van der Waals surface area contributed by atoms with E-state index in [1.807, 2.05) is 44.2 Å². The van der Waals surface area contributed by atoms with Crippen molar-refractivity contribution in [2.45, 2.75) is 19.8 Å². The number of fused-ring (bicyclic) bond motifs is 5. The van der Waals surface area contributed by atoms with E-state index in [4.69, 9.17) is 14.2 Å². The van der Waals surface area contributed by atoms with Crippen molar-refractivity contribution in [2.24, 2.45) is 0 Å². The van der Waals surface area contributed by atoms with Crippen LogP contribution in [-0.4, -0.2) is 28.5 Å². The molecule has 0 amide bonds. The Morgan fingerprint density at radius 1 is 0.811 bits per heavy atom. The molecule has 0 fully saturated rings. The summed E-state index contributed by atoms with van der Waals surface area (Å²) in [7, 11) is 0. The van der Waals surface area contributed by atoms with Crippen LogP contribution >= 0.6 is 0 Å². The van der Waals surface area contributed by atoms with Gasteiger partial charge in [-0.3, -0.25) is 9.97 Å². The molecule has 0 aliphatic carbocycles. The van der Waals surface area contributed by atoms with Crippen LogP contribution in [0.2, 0.25) is 0 Å². The van der Waals surface area contributed by atoms with Gasteiger partial charge < -0.3 is 14.2 Å².